The third-order valence-electron chi connectivity index (χ3n) is 3.03. The van der Waals surface area contributed by atoms with Crippen molar-refractivity contribution in [3.8, 4) is 0 Å². The Kier molecular flexibility index (Phi) is 2.08. The van der Waals surface area contributed by atoms with Gasteiger partial charge in [-0.3, -0.25) is 4.98 Å². The molecule has 0 bridgehead atoms. The van der Waals surface area contributed by atoms with Gasteiger partial charge in [-0.1, -0.05) is 19.4 Å². The average molecular weight is 176 g/mol. The molecule has 0 saturated heterocycles. The van der Waals surface area contributed by atoms with Gasteiger partial charge in [-0.05, 0) is 30.4 Å². The maximum absolute atomic E-state index is 6.21. The zero-order valence-electron chi connectivity index (χ0n) is 8.03. The van der Waals surface area contributed by atoms with Crippen LogP contribution in [0.15, 0.2) is 24.5 Å². The number of nitrogens with two attached hydrogens (primary N) is 1. The fourth-order valence-corrected chi connectivity index (χ4v) is 2.05. The highest BCUT2D eigenvalue weighted by atomic mass is 14.9. The van der Waals surface area contributed by atoms with E-state index in [9.17, 15) is 0 Å². The Morgan fingerprint density at radius 1 is 1.69 bits per heavy atom. The third-order valence-corrected chi connectivity index (χ3v) is 3.03. The molecule has 13 heavy (non-hydrogen) atoms. The number of nitrogens with zero attached hydrogens (tertiary/aromatic N) is 1. The fraction of sp³-hybridized carbons (Fsp3) is 0.545. The summed E-state index contributed by atoms with van der Waals surface area (Å²) in [4.78, 5) is 4.09. The van der Waals surface area contributed by atoms with Crippen LogP contribution in [0.2, 0.25) is 0 Å². The van der Waals surface area contributed by atoms with E-state index in [0.717, 1.165) is 12.3 Å². The van der Waals surface area contributed by atoms with Gasteiger partial charge < -0.3 is 5.73 Å². The normalized spacial score (nSPS) is 31.7. The number of aromatic nitrogens is 1. The molecular formula is C11H16N2. The molecule has 1 aromatic heterocycles. The van der Waals surface area contributed by atoms with Crippen LogP contribution >= 0.6 is 0 Å². The third kappa shape index (κ3) is 1.73. The first-order valence-corrected chi connectivity index (χ1v) is 4.92. The molecule has 1 fully saturated rings. The maximum atomic E-state index is 6.21. The summed E-state index contributed by atoms with van der Waals surface area (Å²) in [5.74, 6) is 0.729. The van der Waals surface area contributed by atoms with Gasteiger partial charge in [0.25, 0.3) is 0 Å². The van der Waals surface area contributed by atoms with Gasteiger partial charge in [-0.2, -0.15) is 0 Å². The van der Waals surface area contributed by atoms with Crippen LogP contribution in [0.1, 0.15) is 25.3 Å². The molecule has 1 aliphatic carbocycles. The van der Waals surface area contributed by atoms with Crippen molar-refractivity contribution >= 4 is 0 Å². The molecule has 1 aliphatic rings. The standard InChI is InChI=1S/C11H16N2/c1-2-10-7-11(10,12)6-9-4-3-5-13-8-9/h3-5,8,10H,2,6-7,12H2,1H3. The van der Waals surface area contributed by atoms with E-state index < -0.39 is 0 Å². The second-order valence-electron chi connectivity index (χ2n) is 4.08. The Bertz CT molecular complexity index is 283. The molecule has 2 heteroatoms. The molecule has 70 valence electrons. The second-order valence-corrected chi connectivity index (χ2v) is 4.08. The summed E-state index contributed by atoms with van der Waals surface area (Å²) >= 11 is 0. The summed E-state index contributed by atoms with van der Waals surface area (Å²) in [5, 5.41) is 0. The van der Waals surface area contributed by atoms with E-state index in [4.69, 9.17) is 5.73 Å². The SMILES string of the molecule is CCC1CC1(N)Cc1cccnc1. The lowest BCUT2D eigenvalue weighted by Crippen LogP contribution is -2.27. The second kappa shape index (κ2) is 3.11. The smallest absolute Gasteiger partial charge is 0.0300 e. The molecule has 2 N–H and O–H groups in total. The van der Waals surface area contributed by atoms with E-state index in [-0.39, 0.29) is 5.54 Å². The summed E-state index contributed by atoms with van der Waals surface area (Å²) in [6.45, 7) is 2.21. The Balaban J connectivity index is 2.00. The lowest BCUT2D eigenvalue weighted by atomic mass is 10.0. The number of rotatable bonds is 3. The zero-order valence-corrected chi connectivity index (χ0v) is 8.03. The Labute approximate surface area is 79.2 Å². The van der Waals surface area contributed by atoms with Crippen molar-refractivity contribution in [3.63, 3.8) is 0 Å². The summed E-state index contributed by atoms with van der Waals surface area (Å²) in [5.41, 5.74) is 7.55. The van der Waals surface area contributed by atoms with Crippen molar-refractivity contribution in [2.24, 2.45) is 11.7 Å². The summed E-state index contributed by atoms with van der Waals surface area (Å²) in [6, 6.07) is 4.08. The van der Waals surface area contributed by atoms with Crippen molar-refractivity contribution in [1.29, 1.82) is 0 Å². The summed E-state index contributed by atoms with van der Waals surface area (Å²) in [6.07, 6.45) is 7.09. The molecule has 0 radical (unpaired) electrons. The molecule has 1 saturated carbocycles. The van der Waals surface area contributed by atoms with Crippen molar-refractivity contribution in [3.05, 3.63) is 30.1 Å². The number of hydrogen-bond acceptors (Lipinski definition) is 2. The van der Waals surface area contributed by atoms with E-state index in [2.05, 4.69) is 18.0 Å². The van der Waals surface area contributed by atoms with Crippen LogP contribution in [0.3, 0.4) is 0 Å². The predicted molar refractivity (Wildman–Crippen MR) is 53.3 cm³/mol. The molecule has 2 rings (SSSR count). The molecule has 1 heterocycles. The van der Waals surface area contributed by atoms with E-state index in [0.29, 0.717) is 0 Å². The lowest BCUT2D eigenvalue weighted by Gasteiger charge is -2.09. The Morgan fingerprint density at radius 2 is 2.54 bits per heavy atom. The van der Waals surface area contributed by atoms with Gasteiger partial charge in [0.1, 0.15) is 0 Å². The van der Waals surface area contributed by atoms with Crippen molar-refractivity contribution in [2.45, 2.75) is 31.7 Å². The van der Waals surface area contributed by atoms with E-state index in [1.807, 2.05) is 12.3 Å². The average Bonchev–Trinajstić information content (AvgIpc) is 2.78. The molecule has 0 aliphatic heterocycles. The van der Waals surface area contributed by atoms with E-state index in [1.54, 1.807) is 6.20 Å². The highest BCUT2D eigenvalue weighted by molar-refractivity contribution is 5.19. The van der Waals surface area contributed by atoms with Gasteiger partial charge >= 0.3 is 0 Å². The maximum Gasteiger partial charge on any atom is 0.0300 e. The molecule has 2 unspecified atom stereocenters. The van der Waals surface area contributed by atoms with Crippen LogP contribution < -0.4 is 5.73 Å². The van der Waals surface area contributed by atoms with Crippen molar-refractivity contribution < 1.29 is 0 Å². The Hall–Kier alpha value is -0.890. The first-order chi connectivity index (χ1) is 6.24. The minimum absolute atomic E-state index is 0.0811. The predicted octanol–water partition coefficient (Wildman–Crippen LogP) is 1.75. The highest BCUT2D eigenvalue weighted by Gasteiger charge is 2.48. The molecule has 0 spiro atoms. The molecule has 0 amide bonds. The molecular weight excluding hydrogens is 160 g/mol. The van der Waals surface area contributed by atoms with Crippen LogP contribution in [0.4, 0.5) is 0 Å². The van der Waals surface area contributed by atoms with Gasteiger partial charge in [-0.15, -0.1) is 0 Å². The lowest BCUT2D eigenvalue weighted by molar-refractivity contribution is 0.578. The molecule has 1 aromatic rings. The molecule has 2 atom stereocenters. The van der Waals surface area contributed by atoms with Crippen LogP contribution in [0.25, 0.3) is 0 Å². The van der Waals surface area contributed by atoms with Crippen LogP contribution in [-0.2, 0) is 6.42 Å². The number of pyridine rings is 1. The van der Waals surface area contributed by atoms with Crippen LogP contribution in [0, 0.1) is 5.92 Å². The summed E-state index contributed by atoms with van der Waals surface area (Å²) < 4.78 is 0. The quantitative estimate of drug-likeness (QED) is 0.762. The Morgan fingerprint density at radius 3 is 3.08 bits per heavy atom. The van der Waals surface area contributed by atoms with Crippen LogP contribution in [-0.4, -0.2) is 10.5 Å². The highest BCUT2D eigenvalue weighted by Crippen LogP contribution is 2.45. The van der Waals surface area contributed by atoms with Gasteiger partial charge in [0.2, 0.25) is 0 Å². The van der Waals surface area contributed by atoms with Gasteiger partial charge in [0.05, 0.1) is 0 Å². The largest absolute Gasteiger partial charge is 0.325 e. The van der Waals surface area contributed by atoms with E-state index >= 15 is 0 Å². The van der Waals surface area contributed by atoms with Gasteiger partial charge in [0, 0.05) is 17.9 Å². The fourth-order valence-electron chi connectivity index (χ4n) is 2.05. The van der Waals surface area contributed by atoms with Crippen molar-refractivity contribution in [1.82, 2.24) is 4.98 Å². The van der Waals surface area contributed by atoms with Gasteiger partial charge in [-0.25, -0.2) is 0 Å². The van der Waals surface area contributed by atoms with Crippen molar-refractivity contribution in [2.75, 3.05) is 0 Å². The summed E-state index contributed by atoms with van der Waals surface area (Å²) in [7, 11) is 0. The minimum Gasteiger partial charge on any atom is -0.325 e. The molecule has 0 aromatic carbocycles. The minimum atomic E-state index is 0.0811. The molecule has 2 nitrogen and oxygen atoms in total. The first-order valence-electron chi connectivity index (χ1n) is 4.92. The first kappa shape index (κ1) is 8.70. The topological polar surface area (TPSA) is 38.9 Å². The van der Waals surface area contributed by atoms with E-state index in [1.165, 1.54) is 18.4 Å². The monoisotopic (exact) mass is 176 g/mol. The van der Waals surface area contributed by atoms with Gasteiger partial charge in [0.15, 0.2) is 0 Å². The zero-order chi connectivity index (χ0) is 9.31. The number of hydrogen-bond donors (Lipinski definition) is 1. The van der Waals surface area contributed by atoms with Crippen LogP contribution in [0.5, 0.6) is 0 Å².